The minimum Gasteiger partial charge on any atom is -0.493 e. The zero-order valence-electron chi connectivity index (χ0n) is 9.49. The fourth-order valence-electron chi connectivity index (χ4n) is 1.60. The highest BCUT2D eigenvalue weighted by Crippen LogP contribution is 2.30. The molecule has 17 heavy (non-hydrogen) atoms. The molecule has 1 fully saturated rings. The molecule has 1 aromatic rings. The monoisotopic (exact) mass is 298 g/mol. The van der Waals surface area contributed by atoms with Crippen molar-refractivity contribution in [3.8, 4) is 5.75 Å². The topological polar surface area (TPSA) is 46.5 Å². The Labute approximate surface area is 109 Å². The molecule has 0 aliphatic heterocycles. The number of carboxylic acid groups (broad SMARTS) is 1. The number of aryl methyl sites for hydroxylation is 1. The van der Waals surface area contributed by atoms with Gasteiger partial charge in [-0.1, -0.05) is 15.9 Å². The van der Waals surface area contributed by atoms with Crippen LogP contribution in [0.25, 0.3) is 0 Å². The lowest BCUT2D eigenvalue weighted by molar-refractivity contribution is -0.136. The maximum absolute atomic E-state index is 10.5. The van der Waals surface area contributed by atoms with E-state index in [9.17, 15) is 4.79 Å². The van der Waals surface area contributed by atoms with Crippen molar-refractivity contribution in [3.05, 3.63) is 28.2 Å². The van der Waals surface area contributed by atoms with E-state index in [-0.39, 0.29) is 6.42 Å². The van der Waals surface area contributed by atoms with Gasteiger partial charge in [0.25, 0.3) is 0 Å². The van der Waals surface area contributed by atoms with Crippen LogP contribution in [0.15, 0.2) is 22.7 Å². The first-order valence-corrected chi connectivity index (χ1v) is 6.57. The van der Waals surface area contributed by atoms with E-state index in [4.69, 9.17) is 9.84 Å². The van der Waals surface area contributed by atoms with Gasteiger partial charge in [-0.15, -0.1) is 0 Å². The second kappa shape index (κ2) is 5.54. The van der Waals surface area contributed by atoms with Gasteiger partial charge in [0.05, 0.1) is 6.61 Å². The first-order chi connectivity index (χ1) is 8.13. The van der Waals surface area contributed by atoms with E-state index in [0.29, 0.717) is 6.42 Å². The van der Waals surface area contributed by atoms with Gasteiger partial charge in [-0.25, -0.2) is 0 Å². The van der Waals surface area contributed by atoms with Crippen molar-refractivity contribution >= 4 is 21.9 Å². The maximum Gasteiger partial charge on any atom is 0.303 e. The van der Waals surface area contributed by atoms with Crippen molar-refractivity contribution in [2.75, 3.05) is 6.61 Å². The van der Waals surface area contributed by atoms with Crippen LogP contribution in [0.1, 0.15) is 24.8 Å². The van der Waals surface area contributed by atoms with Crippen molar-refractivity contribution < 1.29 is 14.6 Å². The minimum atomic E-state index is -0.773. The second-order valence-corrected chi connectivity index (χ2v) is 5.36. The van der Waals surface area contributed by atoms with Crippen LogP contribution in [-0.2, 0) is 11.2 Å². The molecule has 0 spiro atoms. The molecular formula is C13H15BrO3. The summed E-state index contributed by atoms with van der Waals surface area (Å²) in [5, 5.41) is 8.65. The molecule has 2 rings (SSSR count). The van der Waals surface area contributed by atoms with Crippen LogP contribution < -0.4 is 4.74 Å². The van der Waals surface area contributed by atoms with Crippen molar-refractivity contribution in [2.45, 2.75) is 25.7 Å². The first kappa shape index (κ1) is 12.4. The Morgan fingerprint density at radius 2 is 2.18 bits per heavy atom. The van der Waals surface area contributed by atoms with E-state index in [0.717, 1.165) is 28.3 Å². The van der Waals surface area contributed by atoms with Crippen molar-refractivity contribution in [3.63, 3.8) is 0 Å². The number of carbonyl (C=O) groups is 1. The predicted octanol–water partition coefficient (Wildman–Crippen LogP) is 3.26. The molecule has 0 heterocycles. The van der Waals surface area contributed by atoms with E-state index in [2.05, 4.69) is 15.9 Å². The molecule has 0 atom stereocenters. The van der Waals surface area contributed by atoms with E-state index in [1.165, 1.54) is 12.8 Å². The Hall–Kier alpha value is -1.03. The molecule has 1 N–H and O–H groups in total. The first-order valence-electron chi connectivity index (χ1n) is 5.77. The Morgan fingerprint density at radius 1 is 1.41 bits per heavy atom. The number of hydrogen-bond acceptors (Lipinski definition) is 2. The molecule has 0 bridgehead atoms. The van der Waals surface area contributed by atoms with Crippen LogP contribution in [-0.4, -0.2) is 17.7 Å². The third-order valence-corrected chi connectivity index (χ3v) is 3.20. The lowest BCUT2D eigenvalue weighted by Gasteiger charge is -2.08. The molecule has 0 amide bonds. The van der Waals surface area contributed by atoms with Crippen molar-refractivity contribution in [1.29, 1.82) is 0 Å². The Balaban J connectivity index is 1.97. The summed E-state index contributed by atoms with van der Waals surface area (Å²) in [4.78, 5) is 10.5. The zero-order valence-corrected chi connectivity index (χ0v) is 11.1. The summed E-state index contributed by atoms with van der Waals surface area (Å²) < 4.78 is 6.62. The van der Waals surface area contributed by atoms with E-state index in [1.54, 1.807) is 0 Å². The highest BCUT2D eigenvalue weighted by Gasteiger charge is 2.21. The van der Waals surface area contributed by atoms with Gasteiger partial charge >= 0.3 is 5.97 Å². The van der Waals surface area contributed by atoms with Crippen molar-refractivity contribution in [1.82, 2.24) is 0 Å². The standard InChI is InChI=1S/C13H15BrO3/c14-11-5-10(3-4-13(15)16)6-12(7-11)17-8-9-1-2-9/h5-7,9H,1-4,8H2,(H,15,16). The summed E-state index contributed by atoms with van der Waals surface area (Å²) in [7, 11) is 0. The summed E-state index contributed by atoms with van der Waals surface area (Å²) >= 11 is 3.42. The summed E-state index contributed by atoms with van der Waals surface area (Å²) in [6.07, 6.45) is 3.22. The average molecular weight is 299 g/mol. The molecule has 0 unspecified atom stereocenters. The summed E-state index contributed by atoms with van der Waals surface area (Å²) in [5.74, 6) is 0.772. The van der Waals surface area contributed by atoms with Gasteiger partial charge in [0.2, 0.25) is 0 Å². The molecule has 1 aromatic carbocycles. The molecule has 1 aliphatic carbocycles. The maximum atomic E-state index is 10.5. The van der Waals surface area contributed by atoms with Gasteiger partial charge < -0.3 is 9.84 Å². The molecular weight excluding hydrogens is 284 g/mol. The molecule has 0 saturated heterocycles. The van der Waals surface area contributed by atoms with Gasteiger partial charge in [0, 0.05) is 10.9 Å². The SMILES string of the molecule is O=C(O)CCc1cc(Br)cc(OCC2CC2)c1. The number of hydrogen-bond donors (Lipinski definition) is 1. The van der Waals surface area contributed by atoms with Crippen LogP contribution in [0.3, 0.4) is 0 Å². The van der Waals surface area contributed by atoms with Gasteiger partial charge in [-0.2, -0.15) is 0 Å². The van der Waals surface area contributed by atoms with E-state index < -0.39 is 5.97 Å². The smallest absolute Gasteiger partial charge is 0.303 e. The molecule has 1 aliphatic rings. The number of benzene rings is 1. The molecule has 92 valence electrons. The lowest BCUT2D eigenvalue weighted by atomic mass is 10.1. The lowest BCUT2D eigenvalue weighted by Crippen LogP contribution is -2.01. The second-order valence-electron chi connectivity index (χ2n) is 4.44. The van der Waals surface area contributed by atoms with Gasteiger partial charge in [0.15, 0.2) is 0 Å². The third-order valence-electron chi connectivity index (χ3n) is 2.74. The summed E-state index contributed by atoms with van der Waals surface area (Å²) in [6, 6.07) is 5.79. The summed E-state index contributed by atoms with van der Waals surface area (Å²) in [5.41, 5.74) is 0.993. The van der Waals surface area contributed by atoms with Crippen LogP contribution in [0.4, 0.5) is 0 Å². The summed E-state index contributed by atoms with van der Waals surface area (Å²) in [6.45, 7) is 0.773. The minimum absolute atomic E-state index is 0.151. The molecule has 1 saturated carbocycles. The van der Waals surface area contributed by atoms with Crippen LogP contribution >= 0.6 is 15.9 Å². The quantitative estimate of drug-likeness (QED) is 0.877. The Bertz CT molecular complexity index is 413. The van der Waals surface area contributed by atoms with Crippen LogP contribution in [0.2, 0.25) is 0 Å². The average Bonchev–Trinajstić information content (AvgIpc) is 3.07. The molecule has 0 radical (unpaired) electrons. The van der Waals surface area contributed by atoms with E-state index >= 15 is 0 Å². The molecule has 4 heteroatoms. The number of aliphatic carboxylic acids is 1. The Morgan fingerprint density at radius 3 is 2.82 bits per heavy atom. The van der Waals surface area contributed by atoms with Crippen LogP contribution in [0, 0.1) is 5.92 Å². The predicted molar refractivity (Wildman–Crippen MR) is 68.3 cm³/mol. The molecule has 0 aromatic heterocycles. The number of carboxylic acids is 1. The highest BCUT2D eigenvalue weighted by atomic mass is 79.9. The van der Waals surface area contributed by atoms with Gasteiger partial charge in [-0.05, 0) is 48.9 Å². The van der Waals surface area contributed by atoms with Gasteiger partial charge in [0.1, 0.15) is 5.75 Å². The number of rotatable bonds is 6. The number of halogens is 1. The normalized spacial score (nSPS) is 14.6. The Kier molecular flexibility index (Phi) is 4.05. The molecule has 3 nitrogen and oxygen atoms in total. The highest BCUT2D eigenvalue weighted by molar-refractivity contribution is 9.10. The third kappa shape index (κ3) is 4.38. The fourth-order valence-corrected chi connectivity index (χ4v) is 2.12. The zero-order chi connectivity index (χ0) is 12.3. The van der Waals surface area contributed by atoms with Crippen molar-refractivity contribution in [2.24, 2.45) is 5.92 Å². The van der Waals surface area contributed by atoms with Crippen LogP contribution in [0.5, 0.6) is 5.75 Å². The fraction of sp³-hybridized carbons (Fsp3) is 0.462. The van der Waals surface area contributed by atoms with E-state index in [1.807, 2.05) is 18.2 Å². The van der Waals surface area contributed by atoms with Gasteiger partial charge in [-0.3, -0.25) is 4.79 Å². The largest absolute Gasteiger partial charge is 0.493 e. The number of ether oxygens (including phenoxy) is 1.